The van der Waals surface area contributed by atoms with Gasteiger partial charge in [0.25, 0.3) is 0 Å². The maximum atomic E-state index is 12.5. The topological polar surface area (TPSA) is 59.4 Å². The fourth-order valence-corrected chi connectivity index (χ4v) is 1.91. The van der Waals surface area contributed by atoms with E-state index in [-0.39, 0.29) is 0 Å². The third kappa shape index (κ3) is 4.84. The summed E-state index contributed by atoms with van der Waals surface area (Å²) in [6.07, 6.45) is -1.67. The van der Waals surface area contributed by atoms with Crippen molar-refractivity contribution >= 4 is 5.97 Å². The van der Waals surface area contributed by atoms with Gasteiger partial charge in [0.05, 0.1) is 11.3 Å². The van der Waals surface area contributed by atoms with Crippen molar-refractivity contribution in [2.75, 3.05) is 0 Å². The minimum Gasteiger partial charge on any atom is -0.487 e. The Balaban J connectivity index is 2.08. The molecule has 2 rings (SSSR count). The summed E-state index contributed by atoms with van der Waals surface area (Å²) < 4.78 is 43.0. The SMILES string of the molecule is CC(/C=C/C(=O)O)Oc1ccc(-c2ccc(C(F)(F)F)cn2)cc1. The van der Waals surface area contributed by atoms with E-state index in [1.165, 1.54) is 12.1 Å². The van der Waals surface area contributed by atoms with Crippen LogP contribution in [0.4, 0.5) is 13.2 Å². The lowest BCUT2D eigenvalue weighted by atomic mass is 10.1. The molecule has 0 saturated heterocycles. The number of pyridine rings is 1. The Bertz CT molecular complexity index is 722. The molecule has 126 valence electrons. The van der Waals surface area contributed by atoms with Crippen LogP contribution in [0.25, 0.3) is 11.3 Å². The lowest BCUT2D eigenvalue weighted by molar-refractivity contribution is -0.137. The van der Waals surface area contributed by atoms with Crippen molar-refractivity contribution in [1.29, 1.82) is 0 Å². The number of carboxylic acids is 1. The predicted octanol–water partition coefficient (Wildman–Crippen LogP) is 4.18. The van der Waals surface area contributed by atoms with E-state index in [4.69, 9.17) is 9.84 Å². The summed E-state index contributed by atoms with van der Waals surface area (Å²) in [6.45, 7) is 1.69. The standard InChI is InChI=1S/C17H14F3NO3/c1-11(2-9-16(22)23)24-14-6-3-12(4-7-14)15-8-5-13(10-21-15)17(18,19)20/h2-11H,1H3,(H,22,23)/b9-2+. The molecular weight excluding hydrogens is 323 g/mol. The molecule has 1 atom stereocenters. The molecule has 1 aromatic heterocycles. The summed E-state index contributed by atoms with van der Waals surface area (Å²) in [7, 11) is 0. The Hall–Kier alpha value is -2.83. The zero-order valence-electron chi connectivity index (χ0n) is 12.6. The summed E-state index contributed by atoms with van der Waals surface area (Å²) in [5.41, 5.74) is 0.253. The van der Waals surface area contributed by atoms with Gasteiger partial charge in [0, 0.05) is 17.8 Å². The number of alkyl halides is 3. The highest BCUT2D eigenvalue weighted by Crippen LogP contribution is 2.30. The monoisotopic (exact) mass is 337 g/mol. The molecule has 24 heavy (non-hydrogen) atoms. The Kier molecular flexibility index (Phi) is 5.23. The van der Waals surface area contributed by atoms with Crippen molar-refractivity contribution in [3.8, 4) is 17.0 Å². The summed E-state index contributed by atoms with van der Waals surface area (Å²) in [6, 6.07) is 8.89. The first-order chi connectivity index (χ1) is 11.3. The second-order valence-corrected chi connectivity index (χ2v) is 4.97. The van der Waals surface area contributed by atoms with Gasteiger partial charge in [-0.05, 0) is 49.4 Å². The first-order valence-corrected chi connectivity index (χ1v) is 6.97. The molecule has 0 radical (unpaired) electrons. The molecule has 0 aliphatic rings. The van der Waals surface area contributed by atoms with E-state index >= 15 is 0 Å². The molecule has 4 nitrogen and oxygen atoms in total. The number of nitrogens with zero attached hydrogens (tertiary/aromatic N) is 1. The number of hydrogen-bond donors (Lipinski definition) is 1. The number of carbonyl (C=O) groups is 1. The number of carboxylic acid groups (broad SMARTS) is 1. The van der Waals surface area contributed by atoms with Gasteiger partial charge in [-0.25, -0.2) is 4.79 Å². The van der Waals surface area contributed by atoms with Crippen LogP contribution in [-0.4, -0.2) is 22.2 Å². The third-order valence-electron chi connectivity index (χ3n) is 3.07. The zero-order valence-corrected chi connectivity index (χ0v) is 12.6. The van der Waals surface area contributed by atoms with Gasteiger partial charge in [0.15, 0.2) is 0 Å². The van der Waals surface area contributed by atoms with Crippen LogP contribution in [0.15, 0.2) is 54.7 Å². The van der Waals surface area contributed by atoms with E-state index in [1.807, 2.05) is 0 Å². The molecule has 2 aromatic rings. The lowest BCUT2D eigenvalue weighted by Crippen LogP contribution is -2.08. The largest absolute Gasteiger partial charge is 0.487 e. The fraction of sp³-hybridized carbons (Fsp3) is 0.176. The molecule has 0 bridgehead atoms. The predicted molar refractivity (Wildman–Crippen MR) is 81.5 cm³/mol. The summed E-state index contributed by atoms with van der Waals surface area (Å²) in [5, 5.41) is 8.54. The average molecular weight is 337 g/mol. The first kappa shape index (κ1) is 17.5. The number of aromatic nitrogens is 1. The van der Waals surface area contributed by atoms with Crippen molar-refractivity contribution in [2.24, 2.45) is 0 Å². The van der Waals surface area contributed by atoms with Crippen molar-refractivity contribution < 1.29 is 27.8 Å². The van der Waals surface area contributed by atoms with E-state index in [0.29, 0.717) is 17.0 Å². The molecule has 0 spiro atoms. The molecule has 0 amide bonds. The van der Waals surface area contributed by atoms with Crippen LogP contribution in [0.1, 0.15) is 12.5 Å². The Morgan fingerprint density at radius 2 is 1.88 bits per heavy atom. The van der Waals surface area contributed by atoms with Gasteiger partial charge >= 0.3 is 12.1 Å². The highest BCUT2D eigenvalue weighted by atomic mass is 19.4. The number of aliphatic carboxylic acids is 1. The average Bonchev–Trinajstić information content (AvgIpc) is 2.53. The minimum atomic E-state index is -4.41. The van der Waals surface area contributed by atoms with E-state index in [1.54, 1.807) is 31.2 Å². The lowest BCUT2D eigenvalue weighted by Gasteiger charge is -2.11. The van der Waals surface area contributed by atoms with Crippen LogP contribution in [0.5, 0.6) is 5.75 Å². The van der Waals surface area contributed by atoms with Crippen LogP contribution < -0.4 is 4.74 Å². The molecule has 1 unspecified atom stereocenters. The first-order valence-electron chi connectivity index (χ1n) is 6.97. The molecule has 0 fully saturated rings. The maximum absolute atomic E-state index is 12.5. The van der Waals surface area contributed by atoms with Gasteiger partial charge in [-0.1, -0.05) is 0 Å². The smallest absolute Gasteiger partial charge is 0.417 e. The Labute approximate surface area is 136 Å². The van der Waals surface area contributed by atoms with Crippen LogP contribution >= 0.6 is 0 Å². The van der Waals surface area contributed by atoms with E-state index in [0.717, 1.165) is 18.3 Å². The second-order valence-electron chi connectivity index (χ2n) is 4.97. The maximum Gasteiger partial charge on any atom is 0.417 e. The van der Waals surface area contributed by atoms with Crippen LogP contribution in [-0.2, 0) is 11.0 Å². The van der Waals surface area contributed by atoms with E-state index < -0.39 is 23.8 Å². The number of hydrogen-bond acceptors (Lipinski definition) is 3. The van der Waals surface area contributed by atoms with Crippen molar-refractivity contribution in [3.05, 3.63) is 60.3 Å². The number of halogens is 3. The van der Waals surface area contributed by atoms with Gasteiger partial charge in [-0.2, -0.15) is 13.2 Å². The normalized spacial score (nSPS) is 13.0. The quantitative estimate of drug-likeness (QED) is 0.832. The molecule has 1 aromatic carbocycles. The zero-order chi connectivity index (χ0) is 17.7. The minimum absolute atomic E-state index is 0.411. The molecule has 0 saturated carbocycles. The molecule has 0 aliphatic heterocycles. The number of rotatable bonds is 5. The van der Waals surface area contributed by atoms with Gasteiger partial charge in [-0.15, -0.1) is 0 Å². The number of ether oxygens (including phenoxy) is 1. The van der Waals surface area contributed by atoms with E-state index in [2.05, 4.69) is 4.98 Å². The Morgan fingerprint density at radius 1 is 1.21 bits per heavy atom. The number of benzene rings is 1. The fourth-order valence-electron chi connectivity index (χ4n) is 1.91. The Morgan fingerprint density at radius 3 is 2.38 bits per heavy atom. The summed E-state index contributed by atoms with van der Waals surface area (Å²) in [5.74, 6) is -0.553. The van der Waals surface area contributed by atoms with Gasteiger partial charge in [-0.3, -0.25) is 4.98 Å². The molecule has 0 aliphatic carbocycles. The van der Waals surface area contributed by atoms with Gasteiger partial charge in [0.2, 0.25) is 0 Å². The molecular formula is C17H14F3NO3. The summed E-state index contributed by atoms with van der Waals surface area (Å²) >= 11 is 0. The van der Waals surface area contributed by atoms with Gasteiger partial charge < -0.3 is 9.84 Å². The molecule has 1 N–H and O–H groups in total. The summed E-state index contributed by atoms with van der Waals surface area (Å²) in [4.78, 5) is 14.2. The highest BCUT2D eigenvalue weighted by molar-refractivity contribution is 5.79. The molecule has 7 heteroatoms. The van der Waals surface area contributed by atoms with Crippen LogP contribution in [0.2, 0.25) is 0 Å². The van der Waals surface area contributed by atoms with E-state index in [9.17, 15) is 18.0 Å². The molecule has 1 heterocycles. The van der Waals surface area contributed by atoms with Crippen molar-refractivity contribution in [2.45, 2.75) is 19.2 Å². The van der Waals surface area contributed by atoms with Crippen LogP contribution in [0, 0.1) is 0 Å². The van der Waals surface area contributed by atoms with Gasteiger partial charge in [0.1, 0.15) is 11.9 Å². The van der Waals surface area contributed by atoms with Crippen LogP contribution in [0.3, 0.4) is 0 Å². The highest BCUT2D eigenvalue weighted by Gasteiger charge is 2.30. The van der Waals surface area contributed by atoms with Crippen molar-refractivity contribution in [1.82, 2.24) is 4.98 Å². The third-order valence-corrected chi connectivity index (χ3v) is 3.07. The second kappa shape index (κ2) is 7.16. The van der Waals surface area contributed by atoms with Crippen molar-refractivity contribution in [3.63, 3.8) is 0 Å².